The van der Waals surface area contributed by atoms with Crippen LogP contribution in [0.25, 0.3) is 0 Å². The Labute approximate surface area is 85.8 Å². The fraction of sp³-hybridized carbons (Fsp3) is 0. The second-order valence-corrected chi connectivity index (χ2v) is 2.68. The van der Waals surface area contributed by atoms with Gasteiger partial charge in [-0.2, -0.15) is 0 Å². The van der Waals surface area contributed by atoms with Crippen LogP contribution in [-0.4, -0.2) is 20.9 Å². The molecule has 74 valence electrons. The molecule has 15 heavy (non-hydrogen) atoms. The molecule has 0 bridgehead atoms. The van der Waals surface area contributed by atoms with Crippen molar-refractivity contribution in [2.45, 2.75) is 0 Å². The van der Waals surface area contributed by atoms with Gasteiger partial charge in [-0.15, -0.1) is 0 Å². The van der Waals surface area contributed by atoms with Gasteiger partial charge < -0.3 is 4.74 Å². The van der Waals surface area contributed by atoms with E-state index in [1.807, 2.05) is 0 Å². The Morgan fingerprint density at radius 2 is 2.00 bits per heavy atom. The Bertz CT molecular complexity index is 445. The first-order valence-electron chi connectivity index (χ1n) is 4.24. The van der Waals surface area contributed by atoms with Gasteiger partial charge >= 0.3 is 5.97 Å². The van der Waals surface area contributed by atoms with E-state index in [0.717, 1.165) is 0 Å². The summed E-state index contributed by atoms with van der Waals surface area (Å²) in [6.07, 6.45) is 5.66. The number of hydrogen-bond acceptors (Lipinski definition) is 5. The molecule has 0 aliphatic carbocycles. The summed E-state index contributed by atoms with van der Waals surface area (Å²) < 4.78 is 4.97. The van der Waals surface area contributed by atoms with E-state index < -0.39 is 5.97 Å². The summed E-state index contributed by atoms with van der Waals surface area (Å²) in [5.41, 5.74) is 0.295. The van der Waals surface area contributed by atoms with Gasteiger partial charge in [-0.05, 0) is 6.07 Å². The zero-order valence-corrected chi connectivity index (χ0v) is 7.70. The second kappa shape index (κ2) is 4.28. The van der Waals surface area contributed by atoms with Gasteiger partial charge in [0.05, 0.1) is 5.56 Å². The highest BCUT2D eigenvalue weighted by atomic mass is 16.5. The molecule has 0 saturated carbocycles. The lowest BCUT2D eigenvalue weighted by atomic mass is 10.3. The molecule has 5 heteroatoms. The number of aromatic nitrogens is 3. The predicted octanol–water partition coefficient (Wildman–Crippen LogP) is 1.09. The van der Waals surface area contributed by atoms with Crippen molar-refractivity contribution in [2.75, 3.05) is 0 Å². The third kappa shape index (κ3) is 2.34. The summed E-state index contributed by atoms with van der Waals surface area (Å²) >= 11 is 0. The second-order valence-electron chi connectivity index (χ2n) is 2.68. The molecule has 0 spiro atoms. The van der Waals surface area contributed by atoms with Crippen LogP contribution >= 0.6 is 0 Å². The molecule has 2 aromatic heterocycles. The van der Waals surface area contributed by atoms with E-state index in [1.165, 1.54) is 18.7 Å². The maximum Gasteiger partial charge on any atom is 0.348 e. The molecule has 2 aromatic rings. The minimum absolute atomic E-state index is 0.256. The molecule has 0 radical (unpaired) electrons. The molecule has 2 heterocycles. The van der Waals surface area contributed by atoms with Crippen molar-refractivity contribution in [3.05, 3.63) is 48.7 Å². The number of carbonyl (C=O) groups is 1. The van der Waals surface area contributed by atoms with Crippen LogP contribution in [0, 0.1) is 0 Å². The van der Waals surface area contributed by atoms with E-state index in [9.17, 15) is 4.79 Å². The van der Waals surface area contributed by atoms with Crippen molar-refractivity contribution < 1.29 is 9.53 Å². The van der Waals surface area contributed by atoms with Gasteiger partial charge in [0.2, 0.25) is 5.88 Å². The summed E-state index contributed by atoms with van der Waals surface area (Å²) in [7, 11) is 0. The van der Waals surface area contributed by atoms with Gasteiger partial charge in [-0.1, -0.05) is 6.07 Å². The number of rotatable bonds is 2. The maximum absolute atomic E-state index is 11.5. The zero-order valence-electron chi connectivity index (χ0n) is 7.70. The smallest absolute Gasteiger partial charge is 0.348 e. The minimum atomic E-state index is -0.519. The summed E-state index contributed by atoms with van der Waals surface area (Å²) in [5.74, 6) is -0.263. The molecule has 0 aromatic carbocycles. The van der Waals surface area contributed by atoms with Gasteiger partial charge in [0.15, 0.2) is 0 Å². The quantitative estimate of drug-likeness (QED) is 0.680. The highest BCUT2D eigenvalue weighted by Crippen LogP contribution is 2.06. The lowest BCUT2D eigenvalue weighted by molar-refractivity contribution is 0.0726. The Morgan fingerprint density at radius 1 is 1.20 bits per heavy atom. The molecule has 2 rings (SSSR count). The molecule has 0 saturated heterocycles. The molecule has 5 nitrogen and oxygen atoms in total. The van der Waals surface area contributed by atoms with Crippen molar-refractivity contribution in [3.63, 3.8) is 0 Å². The number of pyridine rings is 1. The van der Waals surface area contributed by atoms with E-state index in [2.05, 4.69) is 15.0 Å². The number of carbonyl (C=O) groups excluding carboxylic acids is 1. The number of ether oxygens (including phenoxy) is 1. The third-order valence-electron chi connectivity index (χ3n) is 1.63. The first-order valence-corrected chi connectivity index (χ1v) is 4.24. The van der Waals surface area contributed by atoms with Gasteiger partial charge in [0.1, 0.15) is 6.33 Å². The van der Waals surface area contributed by atoms with Crippen LogP contribution in [0.15, 0.2) is 43.1 Å². The number of hydrogen-bond donors (Lipinski definition) is 0. The van der Waals surface area contributed by atoms with Crippen LogP contribution in [0.3, 0.4) is 0 Å². The Kier molecular flexibility index (Phi) is 2.64. The summed E-state index contributed by atoms with van der Waals surface area (Å²) in [4.78, 5) is 22.8. The third-order valence-corrected chi connectivity index (χ3v) is 1.63. The molecular weight excluding hydrogens is 194 g/mol. The van der Waals surface area contributed by atoms with Crippen LogP contribution in [0.4, 0.5) is 0 Å². The molecule has 0 aliphatic heterocycles. The van der Waals surface area contributed by atoms with Crippen molar-refractivity contribution in [3.8, 4) is 5.88 Å². The first-order chi connectivity index (χ1) is 7.36. The Morgan fingerprint density at radius 3 is 2.67 bits per heavy atom. The van der Waals surface area contributed by atoms with Crippen LogP contribution in [-0.2, 0) is 0 Å². The summed E-state index contributed by atoms with van der Waals surface area (Å²) in [6.45, 7) is 0. The van der Waals surface area contributed by atoms with E-state index >= 15 is 0 Å². The molecule has 0 fully saturated rings. The molecule has 0 unspecified atom stereocenters. The fourth-order valence-electron chi connectivity index (χ4n) is 0.966. The van der Waals surface area contributed by atoms with E-state index in [4.69, 9.17) is 4.74 Å². The zero-order chi connectivity index (χ0) is 10.5. The molecule has 0 aliphatic rings. The van der Waals surface area contributed by atoms with Gasteiger partial charge in [0.25, 0.3) is 0 Å². The highest BCUT2D eigenvalue weighted by Gasteiger charge is 2.08. The van der Waals surface area contributed by atoms with Gasteiger partial charge in [-0.3, -0.25) is 0 Å². The molecule has 0 atom stereocenters. The van der Waals surface area contributed by atoms with Crippen molar-refractivity contribution >= 4 is 5.97 Å². The molecule has 0 N–H and O–H groups in total. The van der Waals surface area contributed by atoms with Crippen LogP contribution in [0.5, 0.6) is 5.88 Å². The van der Waals surface area contributed by atoms with Crippen LogP contribution in [0.2, 0.25) is 0 Å². The molecular formula is C10H7N3O2. The lowest BCUT2D eigenvalue weighted by Crippen LogP contribution is -2.09. The number of esters is 1. The minimum Gasteiger partial charge on any atom is -0.404 e. The number of nitrogens with zero attached hydrogens (tertiary/aromatic N) is 3. The highest BCUT2D eigenvalue weighted by molar-refractivity contribution is 5.90. The first kappa shape index (κ1) is 9.26. The summed E-state index contributed by atoms with van der Waals surface area (Å²) in [6, 6.07) is 5.07. The normalized spacial score (nSPS) is 9.60. The molecule has 0 amide bonds. The predicted molar refractivity (Wildman–Crippen MR) is 51.2 cm³/mol. The Balaban J connectivity index is 2.12. The van der Waals surface area contributed by atoms with Crippen molar-refractivity contribution in [2.24, 2.45) is 0 Å². The van der Waals surface area contributed by atoms with E-state index in [-0.39, 0.29) is 5.88 Å². The van der Waals surface area contributed by atoms with Crippen LogP contribution in [0.1, 0.15) is 10.4 Å². The van der Waals surface area contributed by atoms with Crippen molar-refractivity contribution in [1.82, 2.24) is 15.0 Å². The SMILES string of the molecule is O=C(Oc1ccccn1)c1cncnc1. The fourth-order valence-corrected chi connectivity index (χ4v) is 0.966. The van der Waals surface area contributed by atoms with Crippen molar-refractivity contribution in [1.29, 1.82) is 0 Å². The largest absolute Gasteiger partial charge is 0.404 e. The van der Waals surface area contributed by atoms with E-state index in [0.29, 0.717) is 5.56 Å². The van der Waals surface area contributed by atoms with E-state index in [1.54, 1.807) is 24.4 Å². The van der Waals surface area contributed by atoms with Gasteiger partial charge in [-0.25, -0.2) is 19.7 Å². The topological polar surface area (TPSA) is 65.0 Å². The summed E-state index contributed by atoms with van der Waals surface area (Å²) in [5, 5.41) is 0. The monoisotopic (exact) mass is 201 g/mol. The average Bonchev–Trinajstić information content (AvgIpc) is 2.31. The van der Waals surface area contributed by atoms with Gasteiger partial charge in [0, 0.05) is 24.7 Å². The standard InChI is InChI=1S/C10H7N3O2/c14-10(8-5-11-7-12-6-8)15-9-3-1-2-4-13-9/h1-7H. The average molecular weight is 201 g/mol. The lowest BCUT2D eigenvalue weighted by Gasteiger charge is -2.01. The maximum atomic E-state index is 11.5. The Hall–Kier alpha value is -2.30. The van der Waals surface area contributed by atoms with Crippen LogP contribution < -0.4 is 4.74 Å².